The van der Waals surface area contributed by atoms with Crippen molar-refractivity contribution in [2.75, 3.05) is 38.7 Å². The molecule has 1 fully saturated rings. The third-order valence-corrected chi connectivity index (χ3v) is 6.95. The molecule has 2 atom stereocenters. The van der Waals surface area contributed by atoms with Crippen LogP contribution in [0, 0.1) is 0 Å². The van der Waals surface area contributed by atoms with Gasteiger partial charge in [0.1, 0.15) is 0 Å². The Labute approximate surface area is 211 Å². The van der Waals surface area contributed by atoms with E-state index in [2.05, 4.69) is 15.2 Å². The number of aromatic nitrogens is 1. The summed E-state index contributed by atoms with van der Waals surface area (Å²) in [4.78, 5) is 17.8. The molecule has 2 unspecified atom stereocenters. The van der Waals surface area contributed by atoms with Gasteiger partial charge in [-0.3, -0.25) is 4.79 Å². The number of rotatable bonds is 9. The van der Waals surface area contributed by atoms with Gasteiger partial charge in [-0.25, -0.2) is 18.2 Å². The summed E-state index contributed by atoms with van der Waals surface area (Å²) in [6.07, 6.45) is -3.21. The lowest BCUT2D eigenvalue weighted by Gasteiger charge is -2.34. The number of aliphatic hydroxyl groups is 1. The normalized spacial score (nSPS) is 18.1. The quantitative estimate of drug-likeness (QED) is 0.459. The van der Waals surface area contributed by atoms with E-state index in [9.17, 15) is 23.1 Å². The highest BCUT2D eigenvalue weighted by Crippen LogP contribution is 2.37. The molecule has 2 aromatic carbocycles. The predicted octanol–water partition coefficient (Wildman–Crippen LogP) is 2.87. The van der Waals surface area contributed by atoms with E-state index in [4.69, 9.17) is 4.74 Å². The van der Waals surface area contributed by atoms with Crippen LogP contribution < -0.4 is 15.9 Å². The average Bonchev–Trinajstić information content (AvgIpc) is 3.44. The Kier molecular flexibility index (Phi) is 7.32. The van der Waals surface area contributed by atoms with Crippen LogP contribution in [0.25, 0.3) is 28.2 Å². The standard InChI is InChI=1S/C27H29F3N4O3/c1-37-15-19(35)14-33-9-7-18(8-10-33)31-21-3-2-4-23-20(21)13-24(34(23)27(30)26(28)29)17-6-5-16-12-25(36)32-22(16)11-17/h2-6,11-13,18-19,26-27,31,35H,7-10,14-15H2,1H3. The number of piperidine rings is 1. The van der Waals surface area contributed by atoms with Crippen LogP contribution in [0.4, 0.5) is 18.9 Å². The maximum Gasteiger partial charge on any atom is 0.288 e. The SMILES string of the molecule is COCC(O)CN1CCC(Nc2cccc3c2cc(-c2ccc4c(c2)=NC(=O)C=4)n3C(F)C(F)F)CC1. The molecule has 5 rings (SSSR count). The van der Waals surface area contributed by atoms with E-state index in [1.54, 1.807) is 43.5 Å². The van der Waals surface area contributed by atoms with Crippen LogP contribution in [0.1, 0.15) is 19.1 Å². The molecule has 0 saturated carbocycles. The number of carbonyl (C=O) groups is 1. The van der Waals surface area contributed by atoms with Crippen molar-refractivity contribution in [1.82, 2.24) is 9.47 Å². The van der Waals surface area contributed by atoms with Crippen LogP contribution in [0.15, 0.2) is 47.5 Å². The Morgan fingerprint density at radius 3 is 2.68 bits per heavy atom. The van der Waals surface area contributed by atoms with Crippen molar-refractivity contribution in [2.24, 2.45) is 4.99 Å². The highest BCUT2D eigenvalue weighted by atomic mass is 19.3. The Morgan fingerprint density at radius 1 is 1.16 bits per heavy atom. The highest BCUT2D eigenvalue weighted by molar-refractivity contribution is 6.06. The molecule has 3 aromatic rings. The monoisotopic (exact) mass is 514 g/mol. The van der Waals surface area contributed by atoms with Gasteiger partial charge in [0.15, 0.2) is 0 Å². The number of amides is 1. The summed E-state index contributed by atoms with van der Waals surface area (Å²) in [7, 11) is 1.56. The number of benzene rings is 2. The fourth-order valence-electron chi connectivity index (χ4n) is 5.21. The first kappa shape index (κ1) is 25.4. The van der Waals surface area contributed by atoms with Crippen molar-refractivity contribution in [1.29, 1.82) is 0 Å². The molecule has 2 aliphatic rings. The van der Waals surface area contributed by atoms with Gasteiger partial charge in [0.25, 0.3) is 12.3 Å². The van der Waals surface area contributed by atoms with E-state index in [0.717, 1.165) is 36.2 Å². The summed E-state index contributed by atoms with van der Waals surface area (Å²) >= 11 is 0. The van der Waals surface area contributed by atoms with Crippen molar-refractivity contribution in [2.45, 2.75) is 37.7 Å². The molecule has 1 aromatic heterocycles. The molecule has 3 heterocycles. The minimum atomic E-state index is -3.21. The number of methoxy groups -OCH3 is 1. The molecule has 2 N–H and O–H groups in total. The predicted molar refractivity (Wildman–Crippen MR) is 135 cm³/mol. The molecule has 1 amide bonds. The number of aliphatic hydroxyl groups excluding tert-OH is 1. The second kappa shape index (κ2) is 10.6. The molecule has 2 aliphatic heterocycles. The number of fused-ring (bicyclic) bond motifs is 2. The number of likely N-dealkylation sites (tertiary alicyclic amines) is 1. The molecule has 196 valence electrons. The summed E-state index contributed by atoms with van der Waals surface area (Å²) in [5.74, 6) is -0.380. The number of ether oxygens (including phenoxy) is 1. The second-order valence-corrected chi connectivity index (χ2v) is 9.54. The van der Waals surface area contributed by atoms with E-state index >= 15 is 0 Å². The molecule has 10 heteroatoms. The van der Waals surface area contributed by atoms with Gasteiger partial charge in [-0.15, -0.1) is 0 Å². The van der Waals surface area contributed by atoms with Gasteiger partial charge >= 0.3 is 0 Å². The first-order valence-corrected chi connectivity index (χ1v) is 12.3. The zero-order valence-electron chi connectivity index (χ0n) is 20.4. The van der Waals surface area contributed by atoms with Crippen LogP contribution in [-0.4, -0.2) is 72.4 Å². The van der Waals surface area contributed by atoms with E-state index in [1.807, 2.05) is 6.07 Å². The maximum atomic E-state index is 15.0. The van der Waals surface area contributed by atoms with E-state index in [1.165, 1.54) is 6.08 Å². The number of hydrogen-bond acceptors (Lipinski definition) is 5. The smallest absolute Gasteiger partial charge is 0.288 e. The third kappa shape index (κ3) is 5.27. The summed E-state index contributed by atoms with van der Waals surface area (Å²) in [6, 6.07) is 12.1. The van der Waals surface area contributed by atoms with Gasteiger partial charge in [-0.1, -0.05) is 18.2 Å². The van der Waals surface area contributed by atoms with Gasteiger partial charge in [-0.2, -0.15) is 0 Å². The summed E-state index contributed by atoms with van der Waals surface area (Å²) in [6.45, 7) is 2.44. The van der Waals surface area contributed by atoms with E-state index in [-0.39, 0.29) is 17.6 Å². The molecular weight excluding hydrogens is 485 g/mol. The first-order chi connectivity index (χ1) is 17.8. The fraction of sp³-hybridized carbons (Fsp3) is 0.407. The zero-order valence-corrected chi connectivity index (χ0v) is 20.4. The number of hydrogen-bond donors (Lipinski definition) is 2. The van der Waals surface area contributed by atoms with Crippen LogP contribution in [-0.2, 0) is 9.53 Å². The molecule has 0 radical (unpaired) electrons. The molecule has 1 saturated heterocycles. The molecular formula is C27H29F3N4O3. The number of nitrogens with zero attached hydrogens (tertiary/aromatic N) is 3. The number of nitrogens with one attached hydrogen (secondary N) is 1. The average molecular weight is 515 g/mol. The van der Waals surface area contributed by atoms with Crippen LogP contribution in [0.2, 0.25) is 0 Å². The van der Waals surface area contributed by atoms with Gasteiger partial charge < -0.3 is 24.6 Å². The Hall–Kier alpha value is -3.21. The van der Waals surface area contributed by atoms with Gasteiger partial charge in [0.05, 0.1) is 29.3 Å². The number of anilines is 1. The Morgan fingerprint density at radius 2 is 1.95 bits per heavy atom. The molecule has 0 aliphatic carbocycles. The van der Waals surface area contributed by atoms with Crippen molar-refractivity contribution in [3.63, 3.8) is 0 Å². The minimum absolute atomic E-state index is 0.143. The summed E-state index contributed by atoms with van der Waals surface area (Å²) in [5, 5.41) is 15.2. The molecule has 7 nitrogen and oxygen atoms in total. The number of β-amino-alcohol motifs (C(OH)–C–C–N with tert-alkyl or cyclic N) is 1. The highest BCUT2D eigenvalue weighted by Gasteiger charge is 2.28. The molecule has 37 heavy (non-hydrogen) atoms. The van der Waals surface area contributed by atoms with Gasteiger partial charge in [0, 0.05) is 60.7 Å². The number of halogens is 3. The van der Waals surface area contributed by atoms with Crippen molar-refractivity contribution in [3.05, 3.63) is 53.0 Å². The van der Waals surface area contributed by atoms with Crippen LogP contribution in [0.3, 0.4) is 0 Å². The largest absolute Gasteiger partial charge is 0.389 e. The molecule has 0 bridgehead atoms. The number of alkyl halides is 3. The van der Waals surface area contributed by atoms with Gasteiger partial charge in [-0.05, 0) is 37.1 Å². The fourth-order valence-corrected chi connectivity index (χ4v) is 5.21. The van der Waals surface area contributed by atoms with Crippen LogP contribution in [0.5, 0.6) is 0 Å². The second-order valence-electron chi connectivity index (χ2n) is 9.54. The lowest BCUT2D eigenvalue weighted by molar-refractivity contribution is -0.112. The zero-order chi connectivity index (χ0) is 26.1. The third-order valence-electron chi connectivity index (χ3n) is 6.95. The number of carbonyl (C=O) groups excluding carboxylic acids is 1. The lowest BCUT2D eigenvalue weighted by Crippen LogP contribution is -2.43. The van der Waals surface area contributed by atoms with Crippen molar-refractivity contribution < 1.29 is 27.8 Å². The van der Waals surface area contributed by atoms with E-state index in [0.29, 0.717) is 40.2 Å². The van der Waals surface area contributed by atoms with Gasteiger partial charge in [0.2, 0.25) is 6.30 Å². The summed E-state index contributed by atoms with van der Waals surface area (Å²) < 4.78 is 48.2. The minimum Gasteiger partial charge on any atom is -0.389 e. The summed E-state index contributed by atoms with van der Waals surface area (Å²) in [5.41, 5.74) is 1.88. The lowest BCUT2D eigenvalue weighted by atomic mass is 10.0. The Bertz CT molecular complexity index is 1420. The first-order valence-electron chi connectivity index (χ1n) is 12.3. The van der Waals surface area contributed by atoms with E-state index < -0.39 is 18.8 Å². The Balaban J connectivity index is 1.45. The maximum absolute atomic E-state index is 15.0. The topological polar surface area (TPSA) is 79.1 Å². The van der Waals surface area contributed by atoms with Crippen LogP contribution >= 0.6 is 0 Å². The van der Waals surface area contributed by atoms with Crippen molar-refractivity contribution >= 4 is 28.6 Å². The van der Waals surface area contributed by atoms with Crippen molar-refractivity contribution in [3.8, 4) is 11.3 Å². The molecule has 0 spiro atoms.